The van der Waals surface area contributed by atoms with E-state index in [0.717, 1.165) is 62.9 Å². The van der Waals surface area contributed by atoms with Gasteiger partial charge in [-0.25, -0.2) is 8.42 Å². The molecule has 0 bridgehead atoms. The van der Waals surface area contributed by atoms with E-state index in [9.17, 15) is 18.0 Å². The maximum absolute atomic E-state index is 13.9. The molecule has 9 heteroatoms. The number of aryl methyl sites for hydroxylation is 3. The Bertz CT molecular complexity index is 1360. The number of primary amides is 1. The molecule has 0 aromatic heterocycles. The first kappa shape index (κ1) is 33.1. The van der Waals surface area contributed by atoms with Gasteiger partial charge in [-0.05, 0) is 86.2 Å². The molecule has 1 saturated heterocycles. The zero-order valence-corrected chi connectivity index (χ0v) is 27.4. The van der Waals surface area contributed by atoms with Crippen molar-refractivity contribution in [1.29, 1.82) is 0 Å². The van der Waals surface area contributed by atoms with Crippen LogP contribution in [0.4, 0.5) is 0 Å². The van der Waals surface area contributed by atoms with Gasteiger partial charge in [0.05, 0.1) is 17.4 Å². The topological polar surface area (TPSA) is 104 Å². The Morgan fingerprint density at radius 2 is 1.70 bits per heavy atom. The second kappa shape index (κ2) is 14.4. The van der Waals surface area contributed by atoms with Crippen LogP contribution in [0, 0.1) is 18.8 Å². The molecule has 2 amide bonds. The summed E-state index contributed by atoms with van der Waals surface area (Å²) < 4.78 is 28.4. The highest BCUT2D eigenvalue weighted by Gasteiger charge is 2.45. The van der Waals surface area contributed by atoms with Crippen molar-refractivity contribution in [2.45, 2.75) is 90.1 Å². The molecule has 43 heavy (non-hydrogen) atoms. The predicted molar refractivity (Wildman–Crippen MR) is 171 cm³/mol. The van der Waals surface area contributed by atoms with Crippen molar-refractivity contribution in [3.05, 3.63) is 64.7 Å². The van der Waals surface area contributed by atoms with Crippen LogP contribution >= 0.6 is 0 Å². The number of fused-ring (bicyclic) bond motifs is 1. The second-order valence-electron chi connectivity index (χ2n) is 13.2. The van der Waals surface area contributed by atoms with Gasteiger partial charge in [0, 0.05) is 26.2 Å². The number of carbonyl (C=O) groups is 2. The number of piperazine rings is 1. The molecule has 0 spiro atoms. The summed E-state index contributed by atoms with van der Waals surface area (Å²) in [4.78, 5) is 30.5. The van der Waals surface area contributed by atoms with Crippen LogP contribution in [0.3, 0.4) is 0 Å². The Kier molecular flexibility index (Phi) is 11.1. The lowest BCUT2D eigenvalue weighted by atomic mass is 9.84. The van der Waals surface area contributed by atoms with Gasteiger partial charge in [0.1, 0.15) is 6.04 Å². The van der Waals surface area contributed by atoms with Crippen molar-refractivity contribution in [2.75, 3.05) is 32.7 Å². The number of rotatable bonds is 13. The molecular weight excluding hydrogens is 560 g/mol. The Labute approximate surface area is 258 Å². The number of hydrogen-bond acceptors (Lipinski definition) is 5. The van der Waals surface area contributed by atoms with E-state index in [1.54, 1.807) is 29.2 Å². The van der Waals surface area contributed by atoms with Gasteiger partial charge < -0.3 is 15.5 Å². The number of nitrogens with zero attached hydrogens (tertiary/aromatic N) is 3. The van der Waals surface area contributed by atoms with Crippen molar-refractivity contribution >= 4 is 21.8 Å². The summed E-state index contributed by atoms with van der Waals surface area (Å²) in [5, 5.41) is 0. The molecule has 2 atom stereocenters. The Morgan fingerprint density at radius 3 is 2.33 bits per heavy atom. The monoisotopic (exact) mass is 610 g/mol. The van der Waals surface area contributed by atoms with E-state index in [4.69, 9.17) is 5.73 Å². The van der Waals surface area contributed by atoms with Crippen LogP contribution in [-0.2, 0) is 32.5 Å². The lowest BCUT2D eigenvalue weighted by Gasteiger charge is -2.44. The number of sulfonamides is 1. The third kappa shape index (κ3) is 8.25. The van der Waals surface area contributed by atoms with Crippen LogP contribution in [0.1, 0.15) is 81.7 Å². The lowest BCUT2D eigenvalue weighted by molar-refractivity contribution is -0.144. The SMILES string of the molecule is Cc1ccc(S(=O)(=O)N2CCN([C@@H]3CCCc4cc(CCCN(CC(C)C)CC(C)C)ccc43)C(=O)C2CC(N)=O)cc1. The number of nitrogens with two attached hydrogens (primary N) is 1. The van der Waals surface area contributed by atoms with Gasteiger partial charge in [-0.2, -0.15) is 4.31 Å². The van der Waals surface area contributed by atoms with Crippen molar-refractivity contribution in [1.82, 2.24) is 14.1 Å². The average Bonchev–Trinajstić information content (AvgIpc) is 2.93. The van der Waals surface area contributed by atoms with Crippen molar-refractivity contribution in [3.63, 3.8) is 0 Å². The van der Waals surface area contributed by atoms with E-state index < -0.39 is 22.0 Å². The smallest absolute Gasteiger partial charge is 0.243 e. The zero-order chi connectivity index (χ0) is 31.3. The molecule has 1 aliphatic carbocycles. The van der Waals surface area contributed by atoms with E-state index in [-0.39, 0.29) is 36.4 Å². The first-order valence-electron chi connectivity index (χ1n) is 15.9. The summed E-state index contributed by atoms with van der Waals surface area (Å²) >= 11 is 0. The number of benzene rings is 2. The van der Waals surface area contributed by atoms with Gasteiger partial charge in [-0.15, -0.1) is 0 Å². The molecule has 2 aliphatic rings. The minimum Gasteiger partial charge on any atom is -0.370 e. The Hall–Kier alpha value is -2.75. The third-order valence-corrected chi connectivity index (χ3v) is 10.5. The van der Waals surface area contributed by atoms with Gasteiger partial charge in [-0.1, -0.05) is 63.6 Å². The minimum atomic E-state index is -3.98. The summed E-state index contributed by atoms with van der Waals surface area (Å²) in [5.74, 6) is 0.250. The lowest BCUT2D eigenvalue weighted by Crippen LogP contribution is -2.60. The molecule has 1 heterocycles. The van der Waals surface area contributed by atoms with Crippen molar-refractivity contribution in [3.8, 4) is 0 Å². The minimum absolute atomic E-state index is 0.112. The maximum atomic E-state index is 13.9. The predicted octanol–water partition coefficient (Wildman–Crippen LogP) is 4.70. The van der Waals surface area contributed by atoms with Crippen LogP contribution in [0.15, 0.2) is 47.4 Å². The first-order chi connectivity index (χ1) is 20.4. The molecule has 236 valence electrons. The van der Waals surface area contributed by atoms with Gasteiger partial charge in [0.2, 0.25) is 21.8 Å². The molecule has 8 nitrogen and oxygen atoms in total. The molecule has 1 aliphatic heterocycles. The summed E-state index contributed by atoms with van der Waals surface area (Å²) in [6.07, 6.45) is 4.50. The van der Waals surface area contributed by atoms with Crippen molar-refractivity contribution < 1.29 is 18.0 Å². The maximum Gasteiger partial charge on any atom is 0.243 e. The molecule has 2 aromatic rings. The van der Waals surface area contributed by atoms with E-state index in [0.29, 0.717) is 11.8 Å². The highest BCUT2D eigenvalue weighted by atomic mass is 32.2. The molecule has 2 N–H and O–H groups in total. The van der Waals surface area contributed by atoms with Crippen LogP contribution in [-0.4, -0.2) is 73.1 Å². The quantitative estimate of drug-likeness (QED) is 0.354. The molecule has 4 rings (SSSR count). The van der Waals surface area contributed by atoms with Crippen LogP contribution in [0.25, 0.3) is 0 Å². The fourth-order valence-corrected chi connectivity index (χ4v) is 8.30. The van der Waals surface area contributed by atoms with Crippen LogP contribution in [0.2, 0.25) is 0 Å². The first-order valence-corrected chi connectivity index (χ1v) is 17.3. The van der Waals surface area contributed by atoms with Gasteiger partial charge in [-0.3, -0.25) is 9.59 Å². The summed E-state index contributed by atoms with van der Waals surface area (Å²) in [6, 6.07) is 11.9. The van der Waals surface area contributed by atoms with Crippen molar-refractivity contribution in [2.24, 2.45) is 17.6 Å². The largest absolute Gasteiger partial charge is 0.370 e. The van der Waals surface area contributed by atoms with E-state index in [1.807, 2.05) is 6.92 Å². The fraction of sp³-hybridized carbons (Fsp3) is 0.588. The second-order valence-corrected chi connectivity index (χ2v) is 15.1. The van der Waals surface area contributed by atoms with E-state index in [2.05, 4.69) is 50.8 Å². The summed E-state index contributed by atoms with van der Waals surface area (Å²) in [5.41, 5.74) is 10.2. The van der Waals surface area contributed by atoms with Gasteiger partial charge >= 0.3 is 0 Å². The Balaban J connectivity index is 1.49. The number of carbonyl (C=O) groups excluding carboxylic acids is 2. The molecule has 0 radical (unpaired) electrons. The third-order valence-electron chi connectivity index (χ3n) is 8.55. The number of hydrogen-bond donors (Lipinski definition) is 1. The van der Waals surface area contributed by atoms with E-state index in [1.165, 1.54) is 15.4 Å². The molecule has 2 aromatic carbocycles. The molecule has 0 saturated carbocycles. The summed E-state index contributed by atoms with van der Waals surface area (Å²) in [6.45, 7) is 14.7. The highest BCUT2D eigenvalue weighted by molar-refractivity contribution is 7.89. The average molecular weight is 611 g/mol. The van der Waals surface area contributed by atoms with Gasteiger partial charge in [0.25, 0.3) is 0 Å². The Morgan fingerprint density at radius 1 is 1.02 bits per heavy atom. The molecule has 1 unspecified atom stereocenters. The van der Waals surface area contributed by atoms with Crippen LogP contribution < -0.4 is 5.73 Å². The fourth-order valence-electron chi connectivity index (χ4n) is 6.73. The molecule has 1 fully saturated rings. The normalized spacial score (nSPS) is 19.8. The zero-order valence-electron chi connectivity index (χ0n) is 26.6. The standard InChI is InChI=1S/C34H50N4O4S/c1-24(2)22-36(23-25(3)4)17-7-8-27-13-16-30-28(20-27)9-6-10-31(30)37-18-19-38(32(34(37)40)21-33(35)39)43(41,42)29-14-11-26(5)12-15-29/h11-16,20,24-25,31-32H,6-10,17-19,21-23H2,1-5H3,(H2,35,39)/t31-,32?/m1/s1. The number of amides is 2. The highest BCUT2D eigenvalue weighted by Crippen LogP contribution is 2.38. The van der Waals surface area contributed by atoms with E-state index >= 15 is 0 Å². The van der Waals surface area contributed by atoms with Gasteiger partial charge in [0.15, 0.2) is 0 Å². The molecular formula is C34H50N4O4S. The summed E-state index contributed by atoms with van der Waals surface area (Å²) in [7, 11) is -3.98. The van der Waals surface area contributed by atoms with Crippen LogP contribution in [0.5, 0.6) is 0 Å².